The molecule has 0 aromatic rings. The Bertz CT molecular complexity index is 102. The largest absolute Gasteiger partial charge is 2.00 e. The van der Waals surface area contributed by atoms with Gasteiger partial charge in [0.2, 0.25) is 0 Å². The van der Waals surface area contributed by atoms with Crippen molar-refractivity contribution in [3.8, 4) is 0 Å². The Morgan fingerprint density at radius 3 is 1.29 bits per heavy atom. The molecule has 7 heteroatoms. The van der Waals surface area contributed by atoms with Gasteiger partial charge in [0.25, 0.3) is 0 Å². The molecule has 4 nitrogen and oxygen atoms in total. The van der Waals surface area contributed by atoms with Gasteiger partial charge in [-0.15, -0.1) is 0 Å². The molecule has 0 spiro atoms. The Hall–Kier alpha value is 2.06. The van der Waals surface area contributed by atoms with Crippen LogP contribution in [0.5, 0.6) is 0 Å². The molecule has 36 valence electrons. The first kappa shape index (κ1) is 16.0. The van der Waals surface area contributed by atoms with E-state index in [1.807, 2.05) is 0 Å². The molecule has 0 aromatic carbocycles. The molecular weight excluding hydrogens is 299 g/mol. The van der Waals surface area contributed by atoms with Crippen molar-refractivity contribution in [1.29, 1.82) is 0 Å². The first-order valence-electron chi connectivity index (χ1n) is 0.667. The summed E-state index contributed by atoms with van der Waals surface area (Å²) in [4.78, 5) is 0. The molecule has 0 atom stereocenters. The second-order valence-corrected chi connectivity index (χ2v) is 1.22. The molecule has 0 aromatic heterocycles. The van der Waals surface area contributed by atoms with Crippen LogP contribution in [0.25, 0.3) is 0 Å². The molecule has 0 fully saturated rings. The van der Waals surface area contributed by atoms with Crippen LogP contribution in [0.4, 0.5) is 0 Å². The summed E-state index contributed by atoms with van der Waals surface area (Å²) in [7, 11) is -5.17. The maximum atomic E-state index is 8.52. The van der Waals surface area contributed by atoms with Crippen LogP contribution >= 0.6 is 0 Å². The molecule has 0 amide bonds. The van der Waals surface area contributed by atoms with Crippen molar-refractivity contribution >= 4 is 59.3 Å². The minimum absolute atomic E-state index is 0. The second kappa shape index (κ2) is 6.19. The zero-order valence-corrected chi connectivity index (χ0v) is 11.7. The van der Waals surface area contributed by atoms with Crippen molar-refractivity contribution in [2.45, 2.75) is 0 Å². The first-order chi connectivity index (χ1) is 2.00. The van der Waals surface area contributed by atoms with Gasteiger partial charge in [-0.2, -0.15) is 0 Å². The van der Waals surface area contributed by atoms with Crippen molar-refractivity contribution in [2.24, 2.45) is 0 Å². The van der Waals surface area contributed by atoms with Crippen LogP contribution in [-0.4, -0.2) is 66.4 Å². The summed E-state index contributed by atoms with van der Waals surface area (Å²) in [6, 6.07) is 0. The molecule has 0 saturated carbocycles. The molecule has 0 aliphatic rings. The van der Waals surface area contributed by atoms with E-state index in [2.05, 4.69) is 0 Å². The standard InChI is InChI=1S/Ba.H2O4S.Zn.2H/c;1-5(2,3)4;;;/h;(H2,1,2,3,4);;;/q+2;;+2;2*-1/p-2. The summed E-state index contributed by atoms with van der Waals surface area (Å²) in [5, 5.41) is 0. The van der Waals surface area contributed by atoms with Crippen molar-refractivity contribution in [3.05, 3.63) is 0 Å². The predicted molar refractivity (Wildman–Crippen MR) is 18.5 cm³/mol. The number of rotatable bonds is 0. The Morgan fingerprint density at radius 2 is 1.29 bits per heavy atom. The van der Waals surface area contributed by atoms with E-state index < -0.39 is 10.4 Å². The zero-order valence-electron chi connectivity index (χ0n) is 5.46. The smallest absolute Gasteiger partial charge is 1.00 e. The molecule has 0 radical (unpaired) electrons. The summed E-state index contributed by atoms with van der Waals surface area (Å²) in [6.07, 6.45) is 0. The van der Waals surface area contributed by atoms with Crippen LogP contribution in [0.3, 0.4) is 0 Å². The van der Waals surface area contributed by atoms with Gasteiger partial charge in [-0.05, 0) is 0 Å². The van der Waals surface area contributed by atoms with Crippen LogP contribution in [-0.2, 0) is 29.9 Å². The molecule has 0 bridgehead atoms. The molecule has 7 heavy (non-hydrogen) atoms. The molecule has 0 aliphatic carbocycles. The fourth-order valence-corrected chi connectivity index (χ4v) is 0. The summed E-state index contributed by atoms with van der Waals surface area (Å²) in [5.41, 5.74) is 0. The fraction of sp³-hybridized carbons (Fsp3) is 0. The maximum absolute atomic E-state index is 8.52. The van der Waals surface area contributed by atoms with Crippen LogP contribution in [0, 0.1) is 0 Å². The van der Waals surface area contributed by atoms with Gasteiger partial charge < -0.3 is 12.0 Å². The topological polar surface area (TPSA) is 80.3 Å². The van der Waals surface area contributed by atoms with Crippen molar-refractivity contribution in [1.82, 2.24) is 0 Å². The number of hydrogen-bond acceptors (Lipinski definition) is 4. The van der Waals surface area contributed by atoms with Gasteiger partial charge >= 0.3 is 68.4 Å². The summed E-state index contributed by atoms with van der Waals surface area (Å²) < 4.78 is 34.1. The van der Waals surface area contributed by atoms with E-state index in [4.69, 9.17) is 17.5 Å². The molecule has 0 heterocycles. The molecule has 0 aliphatic heterocycles. The number of hydrogen-bond donors (Lipinski definition) is 0. The fourth-order valence-electron chi connectivity index (χ4n) is 0. The van der Waals surface area contributed by atoms with Crippen LogP contribution < -0.4 is 0 Å². The van der Waals surface area contributed by atoms with Gasteiger partial charge in [0.15, 0.2) is 0 Å². The Morgan fingerprint density at radius 1 is 1.29 bits per heavy atom. The Labute approximate surface area is 97.4 Å². The van der Waals surface area contributed by atoms with Gasteiger partial charge in [0, 0.05) is 10.4 Å². The van der Waals surface area contributed by atoms with Crippen molar-refractivity contribution in [3.63, 3.8) is 0 Å². The van der Waals surface area contributed by atoms with Gasteiger partial charge in [-0.3, -0.25) is 8.42 Å². The van der Waals surface area contributed by atoms with E-state index in [0.29, 0.717) is 0 Å². The zero-order chi connectivity index (χ0) is 4.50. The average molecular weight is 301 g/mol. The summed E-state index contributed by atoms with van der Waals surface area (Å²) >= 11 is 0. The van der Waals surface area contributed by atoms with Gasteiger partial charge in [0.1, 0.15) is 0 Å². The van der Waals surface area contributed by atoms with Gasteiger partial charge in [0.05, 0.1) is 0 Å². The van der Waals surface area contributed by atoms with Gasteiger partial charge in [-0.25, -0.2) is 0 Å². The SMILES string of the molecule is O=S(=O)([O-])[O-].[Ba+2].[H-].[H-].[Zn+2]. The van der Waals surface area contributed by atoms with Crippen LogP contribution in [0.15, 0.2) is 0 Å². The van der Waals surface area contributed by atoms with E-state index in [9.17, 15) is 0 Å². The third-order valence-corrected chi connectivity index (χ3v) is 0. The molecule has 0 saturated heterocycles. The molecule has 0 rings (SSSR count). The van der Waals surface area contributed by atoms with Crippen LogP contribution in [0.1, 0.15) is 2.85 Å². The quantitative estimate of drug-likeness (QED) is 0.310. The van der Waals surface area contributed by atoms with Crippen LogP contribution in [0.2, 0.25) is 0 Å². The molecular formula is H2BaO4SZn. The van der Waals surface area contributed by atoms with E-state index in [-0.39, 0.29) is 71.2 Å². The Balaban J connectivity index is -0.0000000133. The van der Waals surface area contributed by atoms with Crippen molar-refractivity contribution in [2.75, 3.05) is 0 Å². The summed E-state index contributed by atoms with van der Waals surface area (Å²) in [5.74, 6) is 0. The van der Waals surface area contributed by atoms with E-state index in [0.717, 1.165) is 0 Å². The summed E-state index contributed by atoms with van der Waals surface area (Å²) in [6.45, 7) is 0. The van der Waals surface area contributed by atoms with E-state index in [1.165, 1.54) is 0 Å². The van der Waals surface area contributed by atoms with Crippen molar-refractivity contribution < 1.29 is 39.9 Å². The molecule has 0 N–H and O–H groups in total. The normalized spacial score (nSPS) is 8.29. The van der Waals surface area contributed by atoms with E-state index >= 15 is 0 Å². The Kier molecular flexibility index (Phi) is 14.2. The molecule has 0 unspecified atom stereocenters. The minimum atomic E-state index is -5.17. The second-order valence-electron chi connectivity index (χ2n) is 0.408. The third kappa shape index (κ3) is 69.6. The average Bonchev–Trinajstić information content (AvgIpc) is 0.722. The monoisotopic (exact) mass is 300 g/mol. The third-order valence-electron chi connectivity index (χ3n) is 0. The van der Waals surface area contributed by atoms with Gasteiger partial charge in [-0.1, -0.05) is 0 Å². The predicted octanol–water partition coefficient (Wildman–Crippen LogP) is -1.50. The first-order valence-corrected chi connectivity index (χ1v) is 2.00. The minimum Gasteiger partial charge on any atom is -1.00 e. The maximum Gasteiger partial charge on any atom is 2.00 e. The van der Waals surface area contributed by atoms with E-state index in [1.54, 1.807) is 0 Å².